The summed E-state index contributed by atoms with van der Waals surface area (Å²) in [6.45, 7) is 12.7. The van der Waals surface area contributed by atoms with Gasteiger partial charge in [-0.3, -0.25) is 0 Å². The molecule has 0 aromatic carbocycles. The van der Waals surface area contributed by atoms with Crippen LogP contribution < -0.4 is 0 Å². The number of hydrogen-bond donors (Lipinski definition) is 0. The van der Waals surface area contributed by atoms with Crippen LogP contribution in [-0.2, 0) is 0 Å². The van der Waals surface area contributed by atoms with E-state index in [4.69, 9.17) is 10.1 Å². The van der Waals surface area contributed by atoms with Crippen LogP contribution in [0.4, 0.5) is 0 Å². The fourth-order valence-corrected chi connectivity index (χ4v) is 4.32. The highest BCUT2D eigenvalue weighted by Gasteiger charge is 2.21. The molecule has 0 aliphatic heterocycles. The summed E-state index contributed by atoms with van der Waals surface area (Å²) in [5.74, 6) is 0.526. The zero-order valence-electron chi connectivity index (χ0n) is 14.8. The standard InChI is InChI=1S/C18H24N4S/c1-7-14(8-2)15-9-10(3)21-22-16(11(4)20-18(15)22)17-12(5)19-13(6)23-17/h9,14H,7-8H2,1-6H3. The normalized spacial score (nSPS) is 11.8. The summed E-state index contributed by atoms with van der Waals surface area (Å²) < 4.78 is 2.04. The number of thiazole rings is 1. The molecule has 122 valence electrons. The van der Waals surface area contributed by atoms with Crippen LogP contribution in [0.3, 0.4) is 0 Å². The maximum atomic E-state index is 4.88. The molecule has 0 N–H and O–H groups in total. The Labute approximate surface area is 141 Å². The molecule has 0 atom stereocenters. The van der Waals surface area contributed by atoms with Crippen molar-refractivity contribution in [3.8, 4) is 10.6 Å². The van der Waals surface area contributed by atoms with E-state index in [2.05, 4.69) is 45.7 Å². The van der Waals surface area contributed by atoms with Gasteiger partial charge in [-0.05, 0) is 52.5 Å². The second kappa shape index (κ2) is 6.04. The van der Waals surface area contributed by atoms with E-state index in [9.17, 15) is 0 Å². The van der Waals surface area contributed by atoms with E-state index in [1.165, 1.54) is 10.4 Å². The van der Waals surface area contributed by atoms with Crippen LogP contribution in [0.2, 0.25) is 0 Å². The molecule has 0 spiro atoms. The first-order valence-corrected chi connectivity index (χ1v) is 9.09. The Morgan fingerprint density at radius 3 is 2.30 bits per heavy atom. The number of fused-ring (bicyclic) bond motifs is 1. The minimum Gasteiger partial charge on any atom is -0.246 e. The van der Waals surface area contributed by atoms with Crippen LogP contribution in [0.15, 0.2) is 6.07 Å². The molecule has 5 heteroatoms. The maximum Gasteiger partial charge on any atom is 0.158 e. The molecule has 0 aliphatic rings. The molecule has 0 unspecified atom stereocenters. The van der Waals surface area contributed by atoms with Crippen LogP contribution >= 0.6 is 11.3 Å². The van der Waals surface area contributed by atoms with E-state index in [1.54, 1.807) is 11.3 Å². The second-order valence-corrected chi connectivity index (χ2v) is 7.39. The lowest BCUT2D eigenvalue weighted by Crippen LogP contribution is -2.05. The van der Waals surface area contributed by atoms with Gasteiger partial charge in [-0.15, -0.1) is 11.3 Å². The van der Waals surface area contributed by atoms with E-state index in [1.807, 2.05) is 11.4 Å². The second-order valence-electron chi connectivity index (χ2n) is 6.18. The molecule has 3 aromatic rings. The Balaban J connectivity index is 2.33. The summed E-state index contributed by atoms with van der Waals surface area (Å²) in [5, 5.41) is 5.85. The van der Waals surface area contributed by atoms with Crippen molar-refractivity contribution in [1.29, 1.82) is 0 Å². The number of imidazole rings is 1. The van der Waals surface area contributed by atoms with Gasteiger partial charge in [0, 0.05) is 5.56 Å². The first-order valence-electron chi connectivity index (χ1n) is 8.27. The molecule has 0 amide bonds. The van der Waals surface area contributed by atoms with Crippen LogP contribution in [-0.4, -0.2) is 19.6 Å². The predicted octanol–water partition coefficient (Wildman–Crippen LogP) is 4.99. The molecule has 4 nitrogen and oxygen atoms in total. The van der Waals surface area contributed by atoms with E-state index in [-0.39, 0.29) is 0 Å². The Hall–Kier alpha value is -1.75. The summed E-state index contributed by atoms with van der Waals surface area (Å²) in [7, 11) is 0. The van der Waals surface area contributed by atoms with Gasteiger partial charge in [-0.25, -0.2) is 14.5 Å². The highest BCUT2D eigenvalue weighted by Crippen LogP contribution is 2.35. The van der Waals surface area contributed by atoms with Crippen molar-refractivity contribution < 1.29 is 0 Å². The molecule has 0 saturated carbocycles. The smallest absolute Gasteiger partial charge is 0.158 e. The quantitative estimate of drug-likeness (QED) is 0.677. The minimum absolute atomic E-state index is 0.526. The zero-order chi connectivity index (χ0) is 16.7. The van der Waals surface area contributed by atoms with Crippen molar-refractivity contribution in [3.05, 3.63) is 33.7 Å². The minimum atomic E-state index is 0.526. The number of aryl methyl sites for hydroxylation is 4. The fourth-order valence-electron chi connectivity index (χ4n) is 3.32. The summed E-state index contributed by atoms with van der Waals surface area (Å²) >= 11 is 1.72. The number of rotatable bonds is 4. The third kappa shape index (κ3) is 2.67. The van der Waals surface area contributed by atoms with Crippen LogP contribution in [0.5, 0.6) is 0 Å². The van der Waals surface area contributed by atoms with Gasteiger partial charge < -0.3 is 0 Å². The summed E-state index contributed by atoms with van der Waals surface area (Å²) in [4.78, 5) is 10.6. The molecular formula is C18H24N4S. The van der Waals surface area contributed by atoms with Crippen molar-refractivity contribution in [1.82, 2.24) is 19.6 Å². The average Bonchev–Trinajstić information content (AvgIpc) is 2.98. The zero-order valence-corrected chi connectivity index (χ0v) is 15.6. The Morgan fingerprint density at radius 2 is 1.74 bits per heavy atom. The topological polar surface area (TPSA) is 43.1 Å². The fraction of sp³-hybridized carbons (Fsp3) is 0.500. The molecular weight excluding hydrogens is 304 g/mol. The molecule has 0 bridgehead atoms. The molecule has 0 aliphatic carbocycles. The third-order valence-corrected chi connectivity index (χ3v) is 5.53. The Kier molecular flexibility index (Phi) is 4.23. The number of hydrogen-bond acceptors (Lipinski definition) is 4. The van der Waals surface area contributed by atoms with E-state index < -0.39 is 0 Å². The Morgan fingerprint density at radius 1 is 1.04 bits per heavy atom. The predicted molar refractivity (Wildman–Crippen MR) is 96.4 cm³/mol. The molecule has 3 rings (SSSR count). The number of aromatic nitrogens is 4. The lowest BCUT2D eigenvalue weighted by molar-refractivity contribution is 0.638. The molecule has 0 saturated heterocycles. The van der Waals surface area contributed by atoms with Crippen LogP contribution in [0, 0.1) is 27.7 Å². The third-order valence-electron chi connectivity index (χ3n) is 4.45. The lowest BCUT2D eigenvalue weighted by atomic mass is 9.95. The van der Waals surface area contributed by atoms with Crippen molar-refractivity contribution in [2.45, 2.75) is 60.3 Å². The summed E-state index contributed by atoms with van der Waals surface area (Å²) in [5.41, 5.74) is 6.54. The first kappa shape index (κ1) is 16.1. The molecule has 0 fully saturated rings. The summed E-state index contributed by atoms with van der Waals surface area (Å²) in [6.07, 6.45) is 2.24. The molecule has 3 aromatic heterocycles. The van der Waals surface area contributed by atoms with E-state index in [0.717, 1.165) is 46.3 Å². The largest absolute Gasteiger partial charge is 0.246 e. The Bertz CT molecular complexity index is 856. The van der Waals surface area contributed by atoms with Crippen LogP contribution in [0.1, 0.15) is 60.3 Å². The molecule has 23 heavy (non-hydrogen) atoms. The highest BCUT2D eigenvalue weighted by atomic mass is 32.1. The SMILES string of the molecule is CCC(CC)c1cc(C)nn2c(-c3sc(C)nc3C)c(C)nc12. The van der Waals surface area contributed by atoms with Gasteiger partial charge in [0.15, 0.2) is 5.65 Å². The highest BCUT2D eigenvalue weighted by molar-refractivity contribution is 7.15. The van der Waals surface area contributed by atoms with Crippen LogP contribution in [0.25, 0.3) is 16.2 Å². The van der Waals surface area contributed by atoms with Crippen molar-refractivity contribution >= 4 is 17.0 Å². The first-order chi connectivity index (χ1) is 11.0. The van der Waals surface area contributed by atoms with Gasteiger partial charge in [0.05, 0.1) is 27.0 Å². The molecule has 0 radical (unpaired) electrons. The van der Waals surface area contributed by atoms with Gasteiger partial charge >= 0.3 is 0 Å². The summed E-state index contributed by atoms with van der Waals surface area (Å²) in [6, 6.07) is 2.20. The van der Waals surface area contributed by atoms with Gasteiger partial charge in [0.1, 0.15) is 5.69 Å². The van der Waals surface area contributed by atoms with E-state index in [0.29, 0.717) is 5.92 Å². The lowest BCUT2D eigenvalue weighted by Gasteiger charge is -2.14. The maximum absolute atomic E-state index is 4.88. The van der Waals surface area contributed by atoms with Crippen molar-refractivity contribution in [2.75, 3.05) is 0 Å². The van der Waals surface area contributed by atoms with Crippen molar-refractivity contribution in [2.24, 2.45) is 0 Å². The van der Waals surface area contributed by atoms with Gasteiger partial charge in [-0.2, -0.15) is 5.10 Å². The monoisotopic (exact) mass is 328 g/mol. The van der Waals surface area contributed by atoms with E-state index >= 15 is 0 Å². The van der Waals surface area contributed by atoms with Gasteiger partial charge in [0.2, 0.25) is 0 Å². The number of nitrogens with zero attached hydrogens (tertiary/aromatic N) is 4. The van der Waals surface area contributed by atoms with Gasteiger partial charge in [0.25, 0.3) is 0 Å². The van der Waals surface area contributed by atoms with Crippen molar-refractivity contribution in [3.63, 3.8) is 0 Å². The van der Waals surface area contributed by atoms with Gasteiger partial charge in [-0.1, -0.05) is 13.8 Å². The molecule has 3 heterocycles. The average molecular weight is 328 g/mol.